The van der Waals surface area contributed by atoms with Crippen molar-refractivity contribution in [1.29, 1.82) is 0 Å². The normalized spacial score (nSPS) is 11.1. The van der Waals surface area contributed by atoms with E-state index >= 15 is 0 Å². The number of nitrogens with one attached hydrogen (secondary N) is 1. The molecule has 1 aromatic carbocycles. The Morgan fingerprint density at radius 2 is 1.93 bits per heavy atom. The quantitative estimate of drug-likeness (QED) is 0.696. The predicted octanol–water partition coefficient (Wildman–Crippen LogP) is 3.61. The summed E-state index contributed by atoms with van der Waals surface area (Å²) in [6, 6.07) is 8.70. The second-order valence-electron chi connectivity index (χ2n) is 3.77. The summed E-state index contributed by atoms with van der Waals surface area (Å²) in [5, 5.41) is 3.44. The van der Waals surface area contributed by atoms with E-state index in [9.17, 15) is 0 Å². The molecule has 0 unspecified atom stereocenters. The number of allylic oxidation sites excluding steroid dienone is 1. The molecule has 1 rings (SSSR count). The van der Waals surface area contributed by atoms with Gasteiger partial charge in [-0.3, -0.25) is 0 Å². The molecular formula is C14H21N. The zero-order valence-corrected chi connectivity index (χ0v) is 9.79. The van der Waals surface area contributed by atoms with Crippen molar-refractivity contribution in [2.24, 2.45) is 0 Å². The van der Waals surface area contributed by atoms with Crippen molar-refractivity contribution >= 4 is 6.08 Å². The van der Waals surface area contributed by atoms with Gasteiger partial charge in [-0.1, -0.05) is 49.8 Å². The number of benzene rings is 1. The first-order valence-corrected chi connectivity index (χ1v) is 5.79. The molecule has 1 heteroatoms. The zero-order valence-electron chi connectivity index (χ0n) is 9.79. The van der Waals surface area contributed by atoms with Crippen molar-refractivity contribution in [3.05, 3.63) is 41.5 Å². The fourth-order valence-corrected chi connectivity index (χ4v) is 1.47. The van der Waals surface area contributed by atoms with Crippen LogP contribution in [0.25, 0.3) is 6.08 Å². The molecule has 0 spiro atoms. The molecular weight excluding hydrogens is 182 g/mol. The summed E-state index contributed by atoms with van der Waals surface area (Å²) in [6.45, 7) is 6.36. The molecule has 15 heavy (non-hydrogen) atoms. The summed E-state index contributed by atoms with van der Waals surface area (Å²) in [5.74, 6) is 0. The molecule has 0 aliphatic heterocycles. The predicted molar refractivity (Wildman–Crippen MR) is 67.8 cm³/mol. The molecule has 0 radical (unpaired) electrons. The minimum atomic E-state index is 0.982. The third-order valence-electron chi connectivity index (χ3n) is 2.38. The van der Waals surface area contributed by atoms with E-state index in [1.54, 1.807) is 0 Å². The van der Waals surface area contributed by atoms with Gasteiger partial charge in [-0.25, -0.2) is 0 Å². The van der Waals surface area contributed by atoms with E-state index in [-0.39, 0.29) is 0 Å². The average molecular weight is 203 g/mol. The molecule has 0 atom stereocenters. The third-order valence-corrected chi connectivity index (χ3v) is 2.38. The van der Waals surface area contributed by atoms with Crippen LogP contribution >= 0.6 is 0 Å². The van der Waals surface area contributed by atoms with Crippen molar-refractivity contribution in [2.75, 3.05) is 6.54 Å². The van der Waals surface area contributed by atoms with Gasteiger partial charge >= 0.3 is 0 Å². The molecule has 0 heterocycles. The van der Waals surface area contributed by atoms with Crippen LogP contribution in [0, 0.1) is 0 Å². The highest BCUT2D eigenvalue weighted by Crippen LogP contribution is 2.05. The molecule has 0 fully saturated rings. The van der Waals surface area contributed by atoms with E-state index in [1.165, 1.54) is 24.0 Å². The van der Waals surface area contributed by atoms with Crippen molar-refractivity contribution < 1.29 is 0 Å². The van der Waals surface area contributed by atoms with Crippen LogP contribution in [-0.2, 0) is 6.54 Å². The number of hydrogen-bond acceptors (Lipinski definition) is 1. The van der Waals surface area contributed by atoms with Gasteiger partial charge in [-0.2, -0.15) is 0 Å². The maximum Gasteiger partial charge on any atom is 0.0205 e. The number of rotatable bonds is 6. The Kier molecular flexibility index (Phi) is 5.79. The Bertz CT molecular complexity index is 285. The molecule has 0 aliphatic carbocycles. The fourth-order valence-electron chi connectivity index (χ4n) is 1.47. The summed E-state index contributed by atoms with van der Waals surface area (Å²) in [5.41, 5.74) is 2.63. The van der Waals surface area contributed by atoms with Gasteiger partial charge < -0.3 is 5.32 Å². The van der Waals surface area contributed by atoms with Gasteiger partial charge in [0.2, 0.25) is 0 Å². The smallest absolute Gasteiger partial charge is 0.0205 e. The Hall–Kier alpha value is -1.08. The highest BCUT2D eigenvalue weighted by atomic mass is 14.8. The molecule has 1 aromatic rings. The Morgan fingerprint density at radius 1 is 1.20 bits per heavy atom. The second kappa shape index (κ2) is 7.24. The lowest BCUT2D eigenvalue weighted by Crippen LogP contribution is -2.14. The summed E-state index contributed by atoms with van der Waals surface area (Å²) in [7, 11) is 0. The topological polar surface area (TPSA) is 12.0 Å². The van der Waals surface area contributed by atoms with E-state index in [4.69, 9.17) is 0 Å². The zero-order chi connectivity index (χ0) is 10.9. The van der Waals surface area contributed by atoms with E-state index in [2.05, 4.69) is 48.7 Å². The summed E-state index contributed by atoms with van der Waals surface area (Å²) in [6.07, 6.45) is 6.70. The number of unbranched alkanes of at least 4 members (excludes halogenated alkanes) is 1. The molecule has 0 saturated carbocycles. The number of hydrogen-bond donors (Lipinski definition) is 1. The first-order valence-electron chi connectivity index (χ1n) is 5.79. The Labute approximate surface area is 93.2 Å². The lowest BCUT2D eigenvalue weighted by atomic mass is 10.1. The minimum absolute atomic E-state index is 0.982. The maximum atomic E-state index is 3.44. The SMILES string of the molecule is C/C=C/c1ccc(CNCCCC)cc1. The summed E-state index contributed by atoms with van der Waals surface area (Å²) < 4.78 is 0. The van der Waals surface area contributed by atoms with Crippen LogP contribution in [-0.4, -0.2) is 6.54 Å². The summed E-state index contributed by atoms with van der Waals surface area (Å²) >= 11 is 0. The van der Waals surface area contributed by atoms with Crippen molar-refractivity contribution in [3.8, 4) is 0 Å². The maximum absolute atomic E-state index is 3.44. The van der Waals surface area contributed by atoms with Gasteiger partial charge in [0.1, 0.15) is 0 Å². The first-order chi connectivity index (χ1) is 7.36. The third kappa shape index (κ3) is 4.80. The monoisotopic (exact) mass is 203 g/mol. The van der Waals surface area contributed by atoms with Crippen LogP contribution in [0.5, 0.6) is 0 Å². The fraction of sp³-hybridized carbons (Fsp3) is 0.429. The van der Waals surface area contributed by atoms with Gasteiger partial charge in [-0.05, 0) is 31.0 Å². The van der Waals surface area contributed by atoms with Gasteiger partial charge in [0.25, 0.3) is 0 Å². The van der Waals surface area contributed by atoms with Gasteiger partial charge in [0.05, 0.1) is 0 Å². The van der Waals surface area contributed by atoms with E-state index < -0.39 is 0 Å². The highest BCUT2D eigenvalue weighted by molar-refractivity contribution is 5.49. The molecule has 0 saturated heterocycles. The second-order valence-corrected chi connectivity index (χ2v) is 3.77. The van der Waals surface area contributed by atoms with Crippen LogP contribution in [0.2, 0.25) is 0 Å². The average Bonchev–Trinajstić information content (AvgIpc) is 2.27. The van der Waals surface area contributed by atoms with Crippen molar-refractivity contribution in [2.45, 2.75) is 33.2 Å². The molecule has 0 aromatic heterocycles. The minimum Gasteiger partial charge on any atom is -0.313 e. The van der Waals surface area contributed by atoms with Crippen LogP contribution < -0.4 is 5.32 Å². The summed E-state index contributed by atoms with van der Waals surface area (Å²) in [4.78, 5) is 0. The Balaban J connectivity index is 2.36. The lowest BCUT2D eigenvalue weighted by molar-refractivity contribution is 0.641. The molecule has 0 amide bonds. The largest absolute Gasteiger partial charge is 0.313 e. The van der Waals surface area contributed by atoms with Crippen LogP contribution in [0.1, 0.15) is 37.8 Å². The lowest BCUT2D eigenvalue weighted by Gasteiger charge is -2.04. The standard InChI is InChI=1S/C14H21N/c1-3-5-11-15-12-14-9-7-13(6-4-2)8-10-14/h4,6-10,15H,3,5,11-12H2,1-2H3/b6-4+. The van der Waals surface area contributed by atoms with Crippen molar-refractivity contribution in [3.63, 3.8) is 0 Å². The van der Waals surface area contributed by atoms with E-state index in [0.717, 1.165) is 13.1 Å². The van der Waals surface area contributed by atoms with E-state index in [0.29, 0.717) is 0 Å². The van der Waals surface area contributed by atoms with Gasteiger partial charge in [0, 0.05) is 6.54 Å². The molecule has 0 aliphatic rings. The van der Waals surface area contributed by atoms with Crippen LogP contribution in [0.3, 0.4) is 0 Å². The van der Waals surface area contributed by atoms with Crippen molar-refractivity contribution in [1.82, 2.24) is 5.32 Å². The van der Waals surface area contributed by atoms with E-state index in [1.807, 2.05) is 6.92 Å². The van der Waals surface area contributed by atoms with Gasteiger partial charge in [-0.15, -0.1) is 0 Å². The molecule has 0 bridgehead atoms. The highest BCUT2D eigenvalue weighted by Gasteiger charge is 1.92. The van der Waals surface area contributed by atoms with Crippen LogP contribution in [0.4, 0.5) is 0 Å². The molecule has 82 valence electrons. The molecule has 1 N–H and O–H groups in total. The Morgan fingerprint density at radius 3 is 2.53 bits per heavy atom. The van der Waals surface area contributed by atoms with Gasteiger partial charge in [0.15, 0.2) is 0 Å². The molecule has 1 nitrogen and oxygen atoms in total. The van der Waals surface area contributed by atoms with Crippen LogP contribution in [0.15, 0.2) is 30.3 Å². The first kappa shape index (κ1) is 12.0.